The molecule has 1 unspecified atom stereocenters. The normalized spacial score (nSPS) is 21.7. The van der Waals surface area contributed by atoms with Gasteiger partial charge in [0.15, 0.2) is 0 Å². The Kier molecular flexibility index (Phi) is 2.38. The van der Waals surface area contributed by atoms with E-state index in [0.717, 1.165) is 17.9 Å². The van der Waals surface area contributed by atoms with E-state index < -0.39 is 0 Å². The Morgan fingerprint density at radius 1 is 1.23 bits per heavy atom. The van der Waals surface area contributed by atoms with Gasteiger partial charge in [-0.25, -0.2) is 0 Å². The van der Waals surface area contributed by atoms with Crippen LogP contribution in [0.2, 0.25) is 5.02 Å². The Balaban J connectivity index is 2.26. The molecule has 0 fully saturated rings. The predicted molar refractivity (Wildman–Crippen MR) is 54.7 cm³/mol. The van der Waals surface area contributed by atoms with Gasteiger partial charge < -0.3 is 5.11 Å². The van der Waals surface area contributed by atoms with Crippen LogP contribution in [0.5, 0.6) is 0 Å². The van der Waals surface area contributed by atoms with Crippen LogP contribution in [-0.2, 0) is 0 Å². The maximum absolute atomic E-state index is 9.31. The van der Waals surface area contributed by atoms with Crippen molar-refractivity contribution in [3.63, 3.8) is 0 Å². The van der Waals surface area contributed by atoms with Crippen LogP contribution in [0.1, 0.15) is 18.4 Å². The lowest BCUT2D eigenvalue weighted by Crippen LogP contribution is -1.93. The Labute approximate surface area is 82.7 Å². The highest BCUT2D eigenvalue weighted by molar-refractivity contribution is 6.30. The third-order valence-corrected chi connectivity index (χ3v) is 2.57. The summed E-state index contributed by atoms with van der Waals surface area (Å²) in [6, 6.07) is 7.74. The zero-order chi connectivity index (χ0) is 9.26. The molecular formula is C11H11ClO. The molecule has 0 aromatic heterocycles. The summed E-state index contributed by atoms with van der Waals surface area (Å²) in [7, 11) is 0. The van der Waals surface area contributed by atoms with Crippen LogP contribution in [0.4, 0.5) is 0 Å². The van der Waals surface area contributed by atoms with Gasteiger partial charge in [0.1, 0.15) is 0 Å². The van der Waals surface area contributed by atoms with Crippen LogP contribution in [0.25, 0.3) is 5.57 Å². The van der Waals surface area contributed by atoms with Gasteiger partial charge in [-0.05, 0) is 36.1 Å². The number of hydrogen-bond donors (Lipinski definition) is 1. The first-order valence-electron chi connectivity index (χ1n) is 4.40. The molecule has 0 amide bonds. The molecule has 0 saturated heterocycles. The van der Waals surface area contributed by atoms with Gasteiger partial charge in [0.25, 0.3) is 0 Å². The third kappa shape index (κ3) is 1.93. The summed E-state index contributed by atoms with van der Waals surface area (Å²) in [6.07, 6.45) is 3.47. The van der Waals surface area contributed by atoms with Crippen molar-refractivity contribution in [3.8, 4) is 0 Å². The maximum atomic E-state index is 9.31. The fourth-order valence-electron chi connectivity index (χ4n) is 1.61. The number of allylic oxidation sites excluding steroid dienone is 1. The number of aliphatic hydroxyl groups is 1. The quantitative estimate of drug-likeness (QED) is 0.729. The molecule has 2 heteroatoms. The third-order valence-electron chi connectivity index (χ3n) is 2.32. The molecule has 1 nitrogen and oxygen atoms in total. The predicted octanol–water partition coefficient (Wildman–Crippen LogP) is 2.88. The standard InChI is InChI=1S/C11H11ClO/c12-10-4-1-8(2-5-10)9-3-6-11(13)7-9/h1-2,4-5,7,11,13H,3,6H2. The maximum Gasteiger partial charge on any atom is 0.0730 e. The molecule has 1 aliphatic carbocycles. The van der Waals surface area contributed by atoms with Gasteiger partial charge >= 0.3 is 0 Å². The van der Waals surface area contributed by atoms with Crippen LogP contribution in [0, 0.1) is 0 Å². The Hall–Kier alpha value is -0.790. The van der Waals surface area contributed by atoms with E-state index in [-0.39, 0.29) is 6.10 Å². The monoisotopic (exact) mass is 194 g/mol. The molecule has 1 aromatic carbocycles. The molecule has 1 aromatic rings. The lowest BCUT2D eigenvalue weighted by Gasteiger charge is -2.00. The van der Waals surface area contributed by atoms with Gasteiger partial charge in [-0.2, -0.15) is 0 Å². The Morgan fingerprint density at radius 2 is 1.92 bits per heavy atom. The zero-order valence-electron chi connectivity index (χ0n) is 7.20. The van der Waals surface area contributed by atoms with Gasteiger partial charge in [0, 0.05) is 5.02 Å². The first kappa shape index (κ1) is 8.79. The Morgan fingerprint density at radius 3 is 2.46 bits per heavy atom. The van der Waals surface area contributed by atoms with Crippen molar-refractivity contribution in [2.45, 2.75) is 18.9 Å². The number of halogens is 1. The summed E-state index contributed by atoms with van der Waals surface area (Å²) in [5.41, 5.74) is 2.39. The molecule has 1 atom stereocenters. The highest BCUT2D eigenvalue weighted by Crippen LogP contribution is 2.28. The van der Waals surface area contributed by atoms with Crippen molar-refractivity contribution in [1.29, 1.82) is 0 Å². The number of aliphatic hydroxyl groups excluding tert-OH is 1. The minimum Gasteiger partial charge on any atom is -0.389 e. The van der Waals surface area contributed by atoms with Gasteiger partial charge in [-0.3, -0.25) is 0 Å². The van der Waals surface area contributed by atoms with Gasteiger partial charge in [-0.1, -0.05) is 29.8 Å². The molecule has 0 radical (unpaired) electrons. The van der Waals surface area contributed by atoms with Crippen molar-refractivity contribution in [1.82, 2.24) is 0 Å². The zero-order valence-corrected chi connectivity index (χ0v) is 7.96. The molecule has 2 rings (SSSR count). The van der Waals surface area contributed by atoms with E-state index in [4.69, 9.17) is 11.6 Å². The smallest absolute Gasteiger partial charge is 0.0730 e. The lowest BCUT2D eigenvalue weighted by molar-refractivity contribution is 0.223. The molecule has 0 saturated carbocycles. The van der Waals surface area contributed by atoms with Crippen molar-refractivity contribution in [2.24, 2.45) is 0 Å². The van der Waals surface area contributed by atoms with E-state index in [1.807, 2.05) is 30.3 Å². The first-order chi connectivity index (χ1) is 6.25. The largest absolute Gasteiger partial charge is 0.389 e. The van der Waals surface area contributed by atoms with Gasteiger partial charge in [0.2, 0.25) is 0 Å². The highest BCUT2D eigenvalue weighted by atomic mass is 35.5. The van der Waals surface area contributed by atoms with Crippen molar-refractivity contribution in [3.05, 3.63) is 40.9 Å². The van der Waals surface area contributed by atoms with Crippen LogP contribution in [0.15, 0.2) is 30.3 Å². The summed E-state index contributed by atoms with van der Waals surface area (Å²) >= 11 is 5.78. The lowest BCUT2D eigenvalue weighted by atomic mass is 10.1. The van der Waals surface area contributed by atoms with Crippen LogP contribution >= 0.6 is 11.6 Å². The second kappa shape index (κ2) is 3.52. The highest BCUT2D eigenvalue weighted by Gasteiger charge is 2.13. The SMILES string of the molecule is OC1C=C(c2ccc(Cl)cc2)CC1. The van der Waals surface area contributed by atoms with Gasteiger partial charge in [0.05, 0.1) is 6.10 Å². The Bertz CT molecular complexity index is 326. The van der Waals surface area contributed by atoms with E-state index in [1.54, 1.807) is 0 Å². The minimum absolute atomic E-state index is 0.259. The fraction of sp³-hybridized carbons (Fsp3) is 0.273. The number of hydrogen-bond acceptors (Lipinski definition) is 1. The van der Waals surface area contributed by atoms with Gasteiger partial charge in [-0.15, -0.1) is 0 Å². The molecule has 1 N–H and O–H groups in total. The van der Waals surface area contributed by atoms with Crippen molar-refractivity contribution in [2.75, 3.05) is 0 Å². The topological polar surface area (TPSA) is 20.2 Å². The van der Waals surface area contributed by atoms with Crippen LogP contribution in [0.3, 0.4) is 0 Å². The second-order valence-corrected chi connectivity index (χ2v) is 3.74. The molecular weight excluding hydrogens is 184 g/mol. The number of rotatable bonds is 1. The molecule has 68 valence electrons. The minimum atomic E-state index is -0.259. The van der Waals surface area contributed by atoms with Crippen molar-refractivity contribution >= 4 is 17.2 Å². The summed E-state index contributed by atoms with van der Waals surface area (Å²) in [4.78, 5) is 0. The van der Waals surface area contributed by atoms with Crippen LogP contribution in [-0.4, -0.2) is 11.2 Å². The van der Waals surface area contributed by atoms with Crippen LogP contribution < -0.4 is 0 Å². The summed E-state index contributed by atoms with van der Waals surface area (Å²) in [6.45, 7) is 0. The second-order valence-electron chi connectivity index (χ2n) is 3.30. The molecule has 1 aliphatic rings. The average molecular weight is 195 g/mol. The fourth-order valence-corrected chi connectivity index (χ4v) is 1.73. The molecule has 0 spiro atoms. The first-order valence-corrected chi connectivity index (χ1v) is 4.78. The molecule has 13 heavy (non-hydrogen) atoms. The molecule has 0 heterocycles. The van der Waals surface area contributed by atoms with E-state index in [0.29, 0.717) is 0 Å². The summed E-state index contributed by atoms with van der Waals surface area (Å²) in [5.74, 6) is 0. The van der Waals surface area contributed by atoms with Crippen molar-refractivity contribution < 1.29 is 5.11 Å². The van der Waals surface area contributed by atoms with E-state index in [9.17, 15) is 5.11 Å². The van der Waals surface area contributed by atoms with E-state index in [2.05, 4.69) is 0 Å². The van der Waals surface area contributed by atoms with E-state index in [1.165, 1.54) is 11.1 Å². The molecule has 0 bridgehead atoms. The molecule has 0 aliphatic heterocycles. The number of benzene rings is 1. The van der Waals surface area contributed by atoms with E-state index >= 15 is 0 Å². The summed E-state index contributed by atoms with van der Waals surface area (Å²) < 4.78 is 0. The summed E-state index contributed by atoms with van der Waals surface area (Å²) in [5, 5.41) is 10.1. The average Bonchev–Trinajstić information content (AvgIpc) is 2.53.